The van der Waals surface area contributed by atoms with Gasteiger partial charge in [-0.1, -0.05) is 18.8 Å². The standard InChI is InChI=1S/C9H13O2/c1-2-3-4-5-6-7-8-9(10)11/h3-8H2,(H,10,11). The maximum atomic E-state index is 10.0. The van der Waals surface area contributed by atoms with Crippen LogP contribution in [-0.4, -0.2) is 11.1 Å². The zero-order valence-electron chi connectivity index (χ0n) is 6.60. The van der Waals surface area contributed by atoms with E-state index >= 15 is 0 Å². The smallest absolute Gasteiger partial charge is 0.303 e. The molecule has 2 nitrogen and oxygen atoms in total. The second-order valence-corrected chi connectivity index (χ2v) is 2.48. The molecule has 0 aromatic heterocycles. The van der Waals surface area contributed by atoms with Crippen molar-refractivity contribution in [1.29, 1.82) is 0 Å². The molecular weight excluding hydrogens is 140 g/mol. The quantitative estimate of drug-likeness (QED) is 0.468. The van der Waals surface area contributed by atoms with Gasteiger partial charge in [0.25, 0.3) is 0 Å². The Hall–Kier alpha value is -0.970. The highest BCUT2D eigenvalue weighted by atomic mass is 16.4. The summed E-state index contributed by atoms with van der Waals surface area (Å²) in [6, 6.07) is 0. The molecule has 0 bridgehead atoms. The first-order valence-corrected chi connectivity index (χ1v) is 3.88. The molecule has 0 saturated carbocycles. The molecule has 0 fully saturated rings. The number of hydrogen-bond acceptors (Lipinski definition) is 1. The summed E-state index contributed by atoms with van der Waals surface area (Å²) >= 11 is 0. The van der Waals surface area contributed by atoms with E-state index in [0.29, 0.717) is 6.42 Å². The highest BCUT2D eigenvalue weighted by Gasteiger charge is 1.95. The van der Waals surface area contributed by atoms with Gasteiger partial charge in [-0.05, 0) is 19.3 Å². The van der Waals surface area contributed by atoms with Gasteiger partial charge in [0.1, 0.15) is 0 Å². The van der Waals surface area contributed by atoms with E-state index < -0.39 is 5.97 Å². The molecular formula is C9H13O2. The van der Waals surface area contributed by atoms with Crippen molar-refractivity contribution in [3.8, 4) is 5.92 Å². The highest BCUT2D eigenvalue weighted by molar-refractivity contribution is 5.66. The van der Waals surface area contributed by atoms with Gasteiger partial charge >= 0.3 is 5.97 Å². The Bertz CT molecular complexity index is 144. The van der Waals surface area contributed by atoms with Gasteiger partial charge in [0.05, 0.1) is 0 Å². The van der Waals surface area contributed by atoms with E-state index in [4.69, 9.17) is 11.5 Å². The van der Waals surface area contributed by atoms with Gasteiger partial charge in [0, 0.05) is 12.8 Å². The first-order valence-electron chi connectivity index (χ1n) is 3.88. The molecule has 0 rings (SSSR count). The van der Waals surface area contributed by atoms with Crippen molar-refractivity contribution < 1.29 is 9.90 Å². The molecule has 0 saturated heterocycles. The molecule has 0 heterocycles. The van der Waals surface area contributed by atoms with Crippen LogP contribution in [0.1, 0.15) is 38.5 Å². The van der Waals surface area contributed by atoms with Gasteiger partial charge in [-0.15, -0.1) is 0 Å². The Labute approximate surface area is 67.6 Å². The Kier molecular flexibility index (Phi) is 6.51. The van der Waals surface area contributed by atoms with E-state index in [-0.39, 0.29) is 6.42 Å². The van der Waals surface area contributed by atoms with Crippen molar-refractivity contribution >= 4 is 5.97 Å². The molecule has 0 aromatic carbocycles. The van der Waals surface area contributed by atoms with Crippen LogP contribution in [0.4, 0.5) is 0 Å². The van der Waals surface area contributed by atoms with Crippen molar-refractivity contribution in [1.82, 2.24) is 0 Å². The van der Waals surface area contributed by atoms with Gasteiger partial charge in [0.2, 0.25) is 0 Å². The highest BCUT2D eigenvalue weighted by Crippen LogP contribution is 2.04. The van der Waals surface area contributed by atoms with Crippen LogP contribution in [0, 0.1) is 12.3 Å². The summed E-state index contributed by atoms with van der Waals surface area (Å²) in [6.45, 7) is 0. The molecule has 0 atom stereocenters. The second kappa shape index (κ2) is 7.14. The van der Waals surface area contributed by atoms with Crippen molar-refractivity contribution in [2.75, 3.05) is 0 Å². The molecule has 1 N–H and O–H groups in total. The van der Waals surface area contributed by atoms with Crippen molar-refractivity contribution in [3.05, 3.63) is 6.42 Å². The maximum Gasteiger partial charge on any atom is 0.303 e. The summed E-state index contributed by atoms with van der Waals surface area (Å²) < 4.78 is 0. The van der Waals surface area contributed by atoms with Crippen LogP contribution < -0.4 is 0 Å². The molecule has 0 aromatic rings. The van der Waals surface area contributed by atoms with Crippen LogP contribution in [0.15, 0.2) is 0 Å². The van der Waals surface area contributed by atoms with Crippen LogP contribution in [-0.2, 0) is 4.79 Å². The molecule has 1 radical (unpaired) electrons. The molecule has 0 aliphatic rings. The van der Waals surface area contributed by atoms with Crippen LogP contribution >= 0.6 is 0 Å². The zero-order valence-corrected chi connectivity index (χ0v) is 6.60. The lowest BCUT2D eigenvalue weighted by Gasteiger charge is -1.95. The summed E-state index contributed by atoms with van der Waals surface area (Å²) in [5.41, 5.74) is 0. The average molecular weight is 153 g/mol. The van der Waals surface area contributed by atoms with Gasteiger partial charge < -0.3 is 5.11 Å². The van der Waals surface area contributed by atoms with E-state index in [0.717, 1.165) is 25.7 Å². The fraction of sp³-hybridized carbons (Fsp3) is 0.667. The van der Waals surface area contributed by atoms with E-state index in [1.54, 1.807) is 0 Å². The van der Waals surface area contributed by atoms with Crippen molar-refractivity contribution in [2.45, 2.75) is 38.5 Å². The average Bonchev–Trinajstić information content (AvgIpc) is 1.96. The minimum Gasteiger partial charge on any atom is -0.481 e. The maximum absolute atomic E-state index is 10.0. The van der Waals surface area contributed by atoms with E-state index in [1.807, 2.05) is 0 Å². The lowest BCUT2D eigenvalue weighted by atomic mass is 10.1. The normalized spacial score (nSPS) is 9.00. The van der Waals surface area contributed by atoms with E-state index in [1.165, 1.54) is 0 Å². The topological polar surface area (TPSA) is 37.3 Å². The van der Waals surface area contributed by atoms with Crippen LogP contribution in [0.25, 0.3) is 0 Å². The summed E-state index contributed by atoms with van der Waals surface area (Å²) in [5, 5.41) is 8.27. The fourth-order valence-electron chi connectivity index (χ4n) is 0.843. The minimum absolute atomic E-state index is 0.272. The number of rotatable bonds is 6. The summed E-state index contributed by atoms with van der Waals surface area (Å²) in [4.78, 5) is 10.0. The minimum atomic E-state index is -0.719. The van der Waals surface area contributed by atoms with Crippen LogP contribution in [0.3, 0.4) is 0 Å². The Morgan fingerprint density at radius 3 is 2.45 bits per heavy atom. The van der Waals surface area contributed by atoms with Crippen LogP contribution in [0.5, 0.6) is 0 Å². The molecule has 0 amide bonds. The molecule has 0 aliphatic heterocycles. The van der Waals surface area contributed by atoms with Crippen molar-refractivity contribution in [2.24, 2.45) is 0 Å². The molecule has 11 heavy (non-hydrogen) atoms. The summed E-state index contributed by atoms with van der Waals surface area (Å²) in [6.07, 6.45) is 11.3. The number of hydrogen-bond donors (Lipinski definition) is 1. The number of carboxylic acid groups (broad SMARTS) is 1. The van der Waals surface area contributed by atoms with Crippen LogP contribution in [0.2, 0.25) is 0 Å². The first kappa shape index (κ1) is 10.0. The molecule has 2 heteroatoms. The predicted molar refractivity (Wildman–Crippen MR) is 42.5 cm³/mol. The monoisotopic (exact) mass is 153 g/mol. The molecule has 61 valence electrons. The van der Waals surface area contributed by atoms with Crippen molar-refractivity contribution in [3.63, 3.8) is 0 Å². The molecule has 0 unspecified atom stereocenters. The number of unbranched alkanes of at least 4 members (excludes halogenated alkanes) is 4. The Morgan fingerprint density at radius 1 is 1.27 bits per heavy atom. The third-order valence-corrected chi connectivity index (χ3v) is 1.44. The van der Waals surface area contributed by atoms with Gasteiger partial charge in [-0.2, -0.15) is 0 Å². The SMILES string of the molecule is [C]#CCCCCCCC(=O)O. The van der Waals surface area contributed by atoms with Gasteiger partial charge in [-0.25, -0.2) is 0 Å². The van der Waals surface area contributed by atoms with E-state index in [9.17, 15) is 4.79 Å². The number of carbonyl (C=O) groups is 1. The summed E-state index contributed by atoms with van der Waals surface area (Å²) in [5.74, 6) is 1.58. The molecule has 0 spiro atoms. The Balaban J connectivity index is 2.92. The van der Waals surface area contributed by atoms with Gasteiger partial charge in [0.15, 0.2) is 0 Å². The fourth-order valence-corrected chi connectivity index (χ4v) is 0.843. The lowest BCUT2D eigenvalue weighted by molar-refractivity contribution is -0.137. The second-order valence-electron chi connectivity index (χ2n) is 2.48. The predicted octanol–water partition coefficient (Wildman–Crippen LogP) is 2.00. The number of carboxylic acids is 1. The lowest BCUT2D eigenvalue weighted by Crippen LogP contribution is -1.93. The van der Waals surface area contributed by atoms with Gasteiger partial charge in [-0.3, -0.25) is 4.79 Å². The zero-order chi connectivity index (χ0) is 8.53. The third-order valence-electron chi connectivity index (χ3n) is 1.44. The number of aliphatic carboxylic acids is 1. The largest absolute Gasteiger partial charge is 0.481 e. The third kappa shape index (κ3) is 9.03. The first-order chi connectivity index (χ1) is 5.27. The Morgan fingerprint density at radius 2 is 1.91 bits per heavy atom. The summed E-state index contributed by atoms with van der Waals surface area (Å²) in [7, 11) is 0. The van der Waals surface area contributed by atoms with E-state index in [2.05, 4.69) is 5.92 Å². The molecule has 0 aliphatic carbocycles.